The molecule has 0 saturated carbocycles. The molecule has 0 aliphatic carbocycles. The van der Waals surface area contributed by atoms with Gasteiger partial charge in [-0.2, -0.15) is 0 Å². The van der Waals surface area contributed by atoms with E-state index in [2.05, 4.69) is 9.97 Å². The fourth-order valence-electron chi connectivity index (χ4n) is 2.04. The number of fused-ring (bicyclic) bond motifs is 1. The third-order valence-electron chi connectivity index (χ3n) is 2.97. The molecule has 2 aromatic carbocycles. The van der Waals surface area contributed by atoms with Gasteiger partial charge in [-0.1, -0.05) is 18.2 Å². The summed E-state index contributed by atoms with van der Waals surface area (Å²) < 4.78 is 0. The number of para-hydroxylation sites is 2. The van der Waals surface area contributed by atoms with Crippen molar-refractivity contribution in [1.29, 1.82) is 0 Å². The molecule has 0 bridgehead atoms. The molecule has 0 aliphatic rings. The maximum atomic E-state index is 5.94. The highest BCUT2D eigenvalue weighted by molar-refractivity contribution is 5.74. The standard InChI is InChI=1S/C14H14N4/c15-10-6-5-9(11(16)8-10)7-14-17-12-3-1-2-4-13(12)18-14/h1-6,8H,7,15-16H2,(H,17,18). The second-order valence-electron chi connectivity index (χ2n) is 4.34. The van der Waals surface area contributed by atoms with Crippen molar-refractivity contribution in [1.82, 2.24) is 9.97 Å². The Bertz CT molecular complexity index is 667. The monoisotopic (exact) mass is 238 g/mol. The van der Waals surface area contributed by atoms with Crippen molar-refractivity contribution in [2.75, 3.05) is 11.5 Å². The van der Waals surface area contributed by atoms with Crippen LogP contribution in [0.25, 0.3) is 11.0 Å². The molecule has 0 spiro atoms. The maximum Gasteiger partial charge on any atom is 0.111 e. The number of nitrogen functional groups attached to an aromatic ring is 2. The van der Waals surface area contributed by atoms with Gasteiger partial charge in [0.2, 0.25) is 0 Å². The van der Waals surface area contributed by atoms with Crippen LogP contribution in [0.2, 0.25) is 0 Å². The van der Waals surface area contributed by atoms with E-state index in [-0.39, 0.29) is 0 Å². The van der Waals surface area contributed by atoms with E-state index in [4.69, 9.17) is 11.5 Å². The molecule has 5 N–H and O–H groups in total. The van der Waals surface area contributed by atoms with Gasteiger partial charge in [0.25, 0.3) is 0 Å². The fraction of sp³-hybridized carbons (Fsp3) is 0.0714. The number of aromatic amines is 1. The van der Waals surface area contributed by atoms with Crippen LogP contribution in [-0.2, 0) is 6.42 Å². The van der Waals surface area contributed by atoms with Crippen LogP contribution in [0.5, 0.6) is 0 Å². The molecule has 4 heteroatoms. The van der Waals surface area contributed by atoms with Gasteiger partial charge in [0.15, 0.2) is 0 Å². The Morgan fingerprint density at radius 1 is 1.06 bits per heavy atom. The van der Waals surface area contributed by atoms with Crippen molar-refractivity contribution in [3.63, 3.8) is 0 Å². The van der Waals surface area contributed by atoms with Gasteiger partial charge < -0.3 is 16.5 Å². The Hall–Kier alpha value is -2.49. The molecule has 0 unspecified atom stereocenters. The van der Waals surface area contributed by atoms with E-state index in [9.17, 15) is 0 Å². The number of hydrogen-bond acceptors (Lipinski definition) is 3. The van der Waals surface area contributed by atoms with Crippen LogP contribution < -0.4 is 11.5 Å². The lowest BCUT2D eigenvalue weighted by atomic mass is 10.1. The van der Waals surface area contributed by atoms with E-state index in [0.29, 0.717) is 17.8 Å². The van der Waals surface area contributed by atoms with Crippen molar-refractivity contribution in [2.24, 2.45) is 0 Å². The number of anilines is 2. The highest BCUT2D eigenvalue weighted by atomic mass is 14.9. The van der Waals surface area contributed by atoms with Crippen LogP contribution in [0.3, 0.4) is 0 Å². The van der Waals surface area contributed by atoms with Gasteiger partial charge in [-0.25, -0.2) is 4.98 Å². The minimum atomic E-state index is 0.681. The lowest BCUT2D eigenvalue weighted by Gasteiger charge is -2.04. The Balaban J connectivity index is 1.96. The lowest BCUT2D eigenvalue weighted by Crippen LogP contribution is -1.98. The van der Waals surface area contributed by atoms with Gasteiger partial charge in [0, 0.05) is 17.8 Å². The summed E-state index contributed by atoms with van der Waals surface area (Å²) in [6.07, 6.45) is 0.681. The first-order valence-electron chi connectivity index (χ1n) is 5.80. The summed E-state index contributed by atoms with van der Waals surface area (Å²) in [5.41, 5.74) is 16.1. The number of benzene rings is 2. The van der Waals surface area contributed by atoms with Crippen molar-refractivity contribution < 1.29 is 0 Å². The first kappa shape index (κ1) is 10.7. The second kappa shape index (κ2) is 4.07. The molecule has 3 aromatic rings. The summed E-state index contributed by atoms with van der Waals surface area (Å²) in [5.74, 6) is 0.910. The molecule has 0 aliphatic heterocycles. The molecule has 0 fully saturated rings. The van der Waals surface area contributed by atoms with Gasteiger partial charge in [-0.3, -0.25) is 0 Å². The molecule has 0 amide bonds. The van der Waals surface area contributed by atoms with Crippen LogP contribution in [0.1, 0.15) is 11.4 Å². The largest absolute Gasteiger partial charge is 0.399 e. The van der Waals surface area contributed by atoms with Gasteiger partial charge in [-0.05, 0) is 29.8 Å². The highest BCUT2D eigenvalue weighted by Gasteiger charge is 2.05. The Labute approximate surface area is 105 Å². The SMILES string of the molecule is Nc1ccc(Cc2nc3ccccc3[nH]2)c(N)c1. The molecular formula is C14H14N4. The number of rotatable bonds is 2. The number of H-pyrrole nitrogens is 1. The normalized spacial score (nSPS) is 10.9. The van der Waals surface area contributed by atoms with Crippen molar-refractivity contribution in [3.05, 3.63) is 53.9 Å². The van der Waals surface area contributed by atoms with Crippen LogP contribution in [0.4, 0.5) is 11.4 Å². The summed E-state index contributed by atoms with van der Waals surface area (Å²) in [6, 6.07) is 13.5. The van der Waals surface area contributed by atoms with E-state index in [0.717, 1.165) is 22.4 Å². The number of nitrogens with zero attached hydrogens (tertiary/aromatic N) is 1. The molecule has 0 radical (unpaired) electrons. The molecule has 3 rings (SSSR count). The summed E-state index contributed by atoms with van der Waals surface area (Å²) in [5, 5.41) is 0. The third-order valence-corrected chi connectivity index (χ3v) is 2.97. The zero-order chi connectivity index (χ0) is 12.5. The fourth-order valence-corrected chi connectivity index (χ4v) is 2.04. The first-order chi connectivity index (χ1) is 8.72. The van der Waals surface area contributed by atoms with Crippen LogP contribution >= 0.6 is 0 Å². The zero-order valence-electron chi connectivity index (χ0n) is 9.85. The Kier molecular flexibility index (Phi) is 2.41. The van der Waals surface area contributed by atoms with E-state index < -0.39 is 0 Å². The average molecular weight is 238 g/mol. The number of imidazole rings is 1. The van der Waals surface area contributed by atoms with Crippen molar-refractivity contribution in [3.8, 4) is 0 Å². The Morgan fingerprint density at radius 3 is 2.67 bits per heavy atom. The lowest BCUT2D eigenvalue weighted by molar-refractivity contribution is 1.04. The molecule has 1 heterocycles. The number of hydrogen-bond donors (Lipinski definition) is 3. The van der Waals surface area contributed by atoms with Gasteiger partial charge in [0.1, 0.15) is 5.82 Å². The number of nitrogens with one attached hydrogen (secondary N) is 1. The molecule has 4 nitrogen and oxygen atoms in total. The number of aromatic nitrogens is 2. The van der Waals surface area contributed by atoms with E-state index >= 15 is 0 Å². The average Bonchev–Trinajstić information content (AvgIpc) is 2.75. The molecule has 0 saturated heterocycles. The summed E-state index contributed by atoms with van der Waals surface area (Å²) in [4.78, 5) is 7.82. The summed E-state index contributed by atoms with van der Waals surface area (Å²) in [6.45, 7) is 0. The first-order valence-corrected chi connectivity index (χ1v) is 5.80. The smallest absolute Gasteiger partial charge is 0.111 e. The second-order valence-corrected chi connectivity index (χ2v) is 4.34. The van der Waals surface area contributed by atoms with Crippen LogP contribution in [0.15, 0.2) is 42.5 Å². The third kappa shape index (κ3) is 1.88. The van der Waals surface area contributed by atoms with E-state index in [1.54, 1.807) is 6.07 Å². The molecular weight excluding hydrogens is 224 g/mol. The zero-order valence-corrected chi connectivity index (χ0v) is 9.85. The quantitative estimate of drug-likeness (QED) is 0.599. The van der Waals surface area contributed by atoms with E-state index in [1.807, 2.05) is 36.4 Å². The molecule has 18 heavy (non-hydrogen) atoms. The topological polar surface area (TPSA) is 80.7 Å². The van der Waals surface area contributed by atoms with Crippen LogP contribution in [0, 0.1) is 0 Å². The minimum absolute atomic E-state index is 0.681. The van der Waals surface area contributed by atoms with Crippen molar-refractivity contribution in [2.45, 2.75) is 6.42 Å². The molecule has 1 aromatic heterocycles. The predicted molar refractivity (Wildman–Crippen MR) is 74.2 cm³/mol. The molecule has 0 atom stereocenters. The maximum absolute atomic E-state index is 5.94. The van der Waals surface area contributed by atoms with Gasteiger partial charge in [-0.15, -0.1) is 0 Å². The Morgan fingerprint density at radius 2 is 1.89 bits per heavy atom. The number of nitrogens with two attached hydrogens (primary N) is 2. The van der Waals surface area contributed by atoms with E-state index in [1.165, 1.54) is 0 Å². The molecule has 90 valence electrons. The van der Waals surface area contributed by atoms with Gasteiger partial charge in [0.05, 0.1) is 11.0 Å². The minimum Gasteiger partial charge on any atom is -0.399 e. The summed E-state index contributed by atoms with van der Waals surface area (Å²) in [7, 11) is 0. The summed E-state index contributed by atoms with van der Waals surface area (Å²) >= 11 is 0. The van der Waals surface area contributed by atoms with Gasteiger partial charge >= 0.3 is 0 Å². The predicted octanol–water partition coefficient (Wildman–Crippen LogP) is 2.32. The highest BCUT2D eigenvalue weighted by Crippen LogP contribution is 2.19. The van der Waals surface area contributed by atoms with Crippen LogP contribution in [-0.4, -0.2) is 9.97 Å². The van der Waals surface area contributed by atoms with Crippen molar-refractivity contribution >= 4 is 22.4 Å².